The Morgan fingerprint density at radius 2 is 2.10 bits per heavy atom. The van der Waals surface area contributed by atoms with Gasteiger partial charge in [0.15, 0.2) is 0 Å². The van der Waals surface area contributed by atoms with E-state index in [9.17, 15) is 4.79 Å². The molecule has 3 N–H and O–H groups in total. The molecule has 1 fully saturated rings. The van der Waals surface area contributed by atoms with Crippen LogP contribution in [-0.2, 0) is 0 Å². The van der Waals surface area contributed by atoms with E-state index in [4.69, 9.17) is 0 Å². The fourth-order valence-electron chi connectivity index (χ4n) is 2.52. The standard InChI is InChI=1S/C15H18N4O.ClH/c20-15(18-12-7-4-8-16-9-12)13-10-17-19-14(13)11-5-2-1-3-6-11;/h1-3,5-6,10,12,16H,4,7-9H2,(H,17,19)(H,18,20);1H/t12-;/m0./s1. The van der Waals surface area contributed by atoms with Gasteiger partial charge in [0.25, 0.3) is 5.91 Å². The molecule has 3 rings (SSSR count). The van der Waals surface area contributed by atoms with E-state index < -0.39 is 0 Å². The first-order chi connectivity index (χ1) is 9.84. The Bertz CT molecular complexity index is 578. The maximum absolute atomic E-state index is 12.4. The number of nitrogens with one attached hydrogen (secondary N) is 3. The Kier molecular flexibility index (Phi) is 5.36. The molecule has 1 aromatic heterocycles. The molecule has 21 heavy (non-hydrogen) atoms. The maximum Gasteiger partial charge on any atom is 0.255 e. The first kappa shape index (κ1) is 15.5. The summed E-state index contributed by atoms with van der Waals surface area (Å²) in [7, 11) is 0. The van der Waals surface area contributed by atoms with Crippen molar-refractivity contribution in [2.75, 3.05) is 13.1 Å². The summed E-state index contributed by atoms with van der Waals surface area (Å²) in [5.74, 6) is -0.0636. The van der Waals surface area contributed by atoms with Crippen LogP contribution in [0.15, 0.2) is 36.5 Å². The molecule has 112 valence electrons. The van der Waals surface area contributed by atoms with Crippen LogP contribution in [0.25, 0.3) is 11.3 Å². The Morgan fingerprint density at radius 3 is 2.81 bits per heavy atom. The zero-order valence-corrected chi connectivity index (χ0v) is 12.5. The summed E-state index contributed by atoms with van der Waals surface area (Å²) in [5, 5.41) is 13.3. The second-order valence-corrected chi connectivity index (χ2v) is 5.04. The van der Waals surface area contributed by atoms with Crippen molar-refractivity contribution in [1.29, 1.82) is 0 Å². The van der Waals surface area contributed by atoms with Gasteiger partial charge in [-0.05, 0) is 19.4 Å². The average molecular weight is 307 g/mol. The molecule has 1 aliphatic heterocycles. The monoisotopic (exact) mass is 306 g/mol. The molecule has 0 aliphatic carbocycles. The number of piperidine rings is 1. The van der Waals surface area contributed by atoms with Crippen molar-refractivity contribution in [1.82, 2.24) is 20.8 Å². The van der Waals surface area contributed by atoms with E-state index in [0.717, 1.165) is 37.2 Å². The number of carbonyl (C=O) groups excluding carboxylic acids is 1. The summed E-state index contributed by atoms with van der Waals surface area (Å²) in [6.45, 7) is 1.87. The van der Waals surface area contributed by atoms with E-state index in [0.29, 0.717) is 5.56 Å². The first-order valence-corrected chi connectivity index (χ1v) is 6.95. The molecule has 1 saturated heterocycles. The highest BCUT2D eigenvalue weighted by Crippen LogP contribution is 2.20. The van der Waals surface area contributed by atoms with Crippen LogP contribution in [0.3, 0.4) is 0 Å². The third-order valence-corrected chi connectivity index (χ3v) is 3.58. The van der Waals surface area contributed by atoms with Gasteiger partial charge < -0.3 is 10.6 Å². The van der Waals surface area contributed by atoms with Crippen molar-refractivity contribution in [3.8, 4) is 11.3 Å². The van der Waals surface area contributed by atoms with Crippen LogP contribution in [-0.4, -0.2) is 35.2 Å². The van der Waals surface area contributed by atoms with Crippen molar-refractivity contribution < 1.29 is 4.79 Å². The minimum absolute atomic E-state index is 0. The number of aromatic nitrogens is 2. The molecule has 2 aromatic rings. The largest absolute Gasteiger partial charge is 0.348 e. The van der Waals surface area contributed by atoms with Crippen molar-refractivity contribution in [2.45, 2.75) is 18.9 Å². The summed E-state index contributed by atoms with van der Waals surface area (Å²) < 4.78 is 0. The van der Waals surface area contributed by atoms with Crippen molar-refractivity contribution in [3.63, 3.8) is 0 Å². The van der Waals surface area contributed by atoms with Gasteiger partial charge in [-0.25, -0.2) is 0 Å². The van der Waals surface area contributed by atoms with E-state index in [2.05, 4.69) is 20.8 Å². The Hall–Kier alpha value is -1.85. The Balaban J connectivity index is 0.00000161. The Morgan fingerprint density at radius 1 is 1.29 bits per heavy atom. The highest BCUT2D eigenvalue weighted by atomic mass is 35.5. The number of carbonyl (C=O) groups is 1. The normalized spacial score (nSPS) is 17.8. The lowest BCUT2D eigenvalue weighted by atomic mass is 10.1. The molecular formula is C15H19ClN4O. The zero-order valence-electron chi connectivity index (χ0n) is 11.6. The van der Waals surface area contributed by atoms with Crippen molar-refractivity contribution in [3.05, 3.63) is 42.1 Å². The molecule has 0 radical (unpaired) electrons. The van der Waals surface area contributed by atoms with E-state index in [-0.39, 0.29) is 24.4 Å². The molecule has 1 amide bonds. The van der Waals surface area contributed by atoms with Gasteiger partial charge in [0.1, 0.15) is 0 Å². The van der Waals surface area contributed by atoms with Gasteiger partial charge in [-0.2, -0.15) is 5.10 Å². The molecule has 0 spiro atoms. The maximum atomic E-state index is 12.4. The average Bonchev–Trinajstić information content (AvgIpc) is 2.99. The number of aromatic amines is 1. The molecule has 1 aliphatic rings. The molecule has 1 atom stereocenters. The Labute approximate surface area is 129 Å². The lowest BCUT2D eigenvalue weighted by Crippen LogP contribution is -2.45. The fraction of sp³-hybridized carbons (Fsp3) is 0.333. The number of hydrogen-bond acceptors (Lipinski definition) is 3. The van der Waals surface area contributed by atoms with Crippen LogP contribution in [0.5, 0.6) is 0 Å². The van der Waals surface area contributed by atoms with Crippen LogP contribution in [0.4, 0.5) is 0 Å². The summed E-state index contributed by atoms with van der Waals surface area (Å²) >= 11 is 0. The van der Waals surface area contributed by atoms with Crippen LogP contribution in [0.1, 0.15) is 23.2 Å². The van der Waals surface area contributed by atoms with Gasteiger partial charge in [-0.3, -0.25) is 9.89 Å². The van der Waals surface area contributed by atoms with Crippen LogP contribution >= 0.6 is 12.4 Å². The molecule has 5 nitrogen and oxygen atoms in total. The summed E-state index contributed by atoms with van der Waals surface area (Å²) in [6.07, 6.45) is 3.72. The lowest BCUT2D eigenvalue weighted by molar-refractivity contribution is 0.0931. The van der Waals surface area contributed by atoms with E-state index in [1.807, 2.05) is 30.3 Å². The smallest absolute Gasteiger partial charge is 0.255 e. The molecule has 6 heteroatoms. The van der Waals surface area contributed by atoms with Gasteiger partial charge in [-0.1, -0.05) is 30.3 Å². The minimum Gasteiger partial charge on any atom is -0.348 e. The van der Waals surface area contributed by atoms with Crippen molar-refractivity contribution >= 4 is 18.3 Å². The second kappa shape index (κ2) is 7.24. The number of halogens is 1. The molecule has 2 heterocycles. The molecule has 0 saturated carbocycles. The SMILES string of the molecule is Cl.O=C(N[C@H]1CCCNC1)c1cn[nH]c1-c1ccccc1. The van der Waals surface area contributed by atoms with Gasteiger partial charge >= 0.3 is 0 Å². The second-order valence-electron chi connectivity index (χ2n) is 5.04. The third-order valence-electron chi connectivity index (χ3n) is 3.58. The molecular weight excluding hydrogens is 288 g/mol. The number of rotatable bonds is 3. The third kappa shape index (κ3) is 3.62. The summed E-state index contributed by atoms with van der Waals surface area (Å²) in [4.78, 5) is 12.4. The van der Waals surface area contributed by atoms with Gasteiger partial charge in [0.2, 0.25) is 0 Å². The number of hydrogen-bond donors (Lipinski definition) is 3. The lowest BCUT2D eigenvalue weighted by Gasteiger charge is -2.23. The molecule has 0 bridgehead atoms. The number of H-pyrrole nitrogens is 1. The fourth-order valence-corrected chi connectivity index (χ4v) is 2.52. The van der Waals surface area contributed by atoms with E-state index in [1.165, 1.54) is 0 Å². The van der Waals surface area contributed by atoms with Crippen LogP contribution in [0, 0.1) is 0 Å². The zero-order chi connectivity index (χ0) is 13.8. The van der Waals surface area contributed by atoms with Gasteiger partial charge in [0.05, 0.1) is 17.5 Å². The number of amides is 1. The number of benzene rings is 1. The minimum atomic E-state index is -0.0636. The van der Waals surface area contributed by atoms with E-state index >= 15 is 0 Å². The molecule has 1 aromatic carbocycles. The topological polar surface area (TPSA) is 69.8 Å². The van der Waals surface area contributed by atoms with E-state index in [1.54, 1.807) is 6.20 Å². The van der Waals surface area contributed by atoms with Crippen molar-refractivity contribution in [2.24, 2.45) is 0 Å². The quantitative estimate of drug-likeness (QED) is 0.812. The van der Waals surface area contributed by atoms with Gasteiger partial charge in [-0.15, -0.1) is 12.4 Å². The predicted molar refractivity (Wildman–Crippen MR) is 84.6 cm³/mol. The summed E-state index contributed by atoms with van der Waals surface area (Å²) in [6, 6.07) is 9.98. The first-order valence-electron chi connectivity index (χ1n) is 6.95. The molecule has 0 unspecified atom stereocenters. The summed E-state index contributed by atoms with van der Waals surface area (Å²) in [5.41, 5.74) is 2.34. The van der Waals surface area contributed by atoms with Crippen LogP contribution < -0.4 is 10.6 Å². The van der Waals surface area contributed by atoms with Crippen LogP contribution in [0.2, 0.25) is 0 Å². The number of nitrogens with zero attached hydrogens (tertiary/aromatic N) is 1. The predicted octanol–water partition coefficient (Wildman–Crippen LogP) is 1.98. The highest BCUT2D eigenvalue weighted by Gasteiger charge is 2.20. The van der Waals surface area contributed by atoms with Gasteiger partial charge in [0, 0.05) is 18.2 Å². The highest BCUT2D eigenvalue weighted by molar-refractivity contribution is 5.99.